The zero-order valence-corrected chi connectivity index (χ0v) is 21.0. The minimum Gasteiger partial charge on any atom is -0.463 e. The number of carbonyl (C=O) groups excluding carboxylic acids is 3. The van der Waals surface area contributed by atoms with Crippen molar-refractivity contribution >= 4 is 25.5 Å². The Labute approximate surface area is 195 Å². The van der Waals surface area contributed by atoms with E-state index in [1.807, 2.05) is 0 Å². The molecule has 2 aliphatic heterocycles. The van der Waals surface area contributed by atoms with Gasteiger partial charge in [-0.3, -0.25) is 23.4 Å². The molecule has 10 nitrogen and oxygen atoms in total. The molecule has 0 amide bonds. The van der Waals surface area contributed by atoms with Gasteiger partial charge >= 0.3 is 19.8 Å². The summed E-state index contributed by atoms with van der Waals surface area (Å²) >= 11 is 0. The lowest BCUT2D eigenvalue weighted by atomic mass is 9.84. The third-order valence-electron chi connectivity index (χ3n) is 5.30. The molecule has 1 unspecified atom stereocenters. The second-order valence-corrected chi connectivity index (χ2v) is 11.7. The molecular formula is C22H36NO9P. The minimum atomic E-state index is -4.09. The van der Waals surface area contributed by atoms with Crippen molar-refractivity contribution < 1.29 is 42.0 Å². The Balaban J connectivity index is 1.79. The number of hydrogen-bond donors (Lipinski definition) is 1. The maximum absolute atomic E-state index is 12.8. The molecule has 0 spiro atoms. The number of phosphoric acid groups is 1. The number of hydrogen-bond acceptors (Lipinski definition) is 10. The molecule has 188 valence electrons. The van der Waals surface area contributed by atoms with Crippen molar-refractivity contribution in [1.29, 1.82) is 0 Å². The first-order valence-corrected chi connectivity index (χ1v) is 12.6. The smallest absolute Gasteiger partial charge is 0.463 e. The lowest BCUT2D eigenvalue weighted by Gasteiger charge is -2.39. The lowest BCUT2D eigenvalue weighted by molar-refractivity contribution is -0.163. The number of nitrogens with one attached hydrogen (secondary N) is 1. The monoisotopic (exact) mass is 489 g/mol. The Morgan fingerprint density at radius 2 is 1.91 bits per heavy atom. The second kappa shape index (κ2) is 11.1. The highest BCUT2D eigenvalue weighted by atomic mass is 31.2. The number of esters is 2. The van der Waals surface area contributed by atoms with Gasteiger partial charge in [0.05, 0.1) is 18.1 Å². The Bertz CT molecular complexity index is 802. The van der Waals surface area contributed by atoms with E-state index < -0.39 is 37.5 Å². The van der Waals surface area contributed by atoms with Gasteiger partial charge in [-0.25, -0.2) is 9.09 Å². The third kappa shape index (κ3) is 8.52. The second-order valence-electron chi connectivity index (χ2n) is 10.1. The van der Waals surface area contributed by atoms with Crippen LogP contribution in [0.2, 0.25) is 0 Å². The van der Waals surface area contributed by atoms with Crippen molar-refractivity contribution in [3.05, 3.63) is 12.3 Å². The van der Waals surface area contributed by atoms with E-state index >= 15 is 0 Å². The van der Waals surface area contributed by atoms with Crippen molar-refractivity contribution in [3.8, 4) is 0 Å². The predicted molar refractivity (Wildman–Crippen MR) is 119 cm³/mol. The molecule has 1 N–H and O–H groups in total. The summed E-state index contributed by atoms with van der Waals surface area (Å²) in [7, 11) is -4.09. The van der Waals surface area contributed by atoms with Crippen molar-refractivity contribution in [2.24, 2.45) is 10.8 Å². The van der Waals surface area contributed by atoms with E-state index in [1.165, 1.54) is 0 Å². The van der Waals surface area contributed by atoms with E-state index in [1.54, 1.807) is 34.6 Å². The molecular weight excluding hydrogens is 453 g/mol. The zero-order chi connectivity index (χ0) is 24.9. The summed E-state index contributed by atoms with van der Waals surface area (Å²) in [6.07, 6.45) is 1.08. The molecule has 2 aliphatic rings. The van der Waals surface area contributed by atoms with Gasteiger partial charge in [-0.1, -0.05) is 20.4 Å². The van der Waals surface area contributed by atoms with Gasteiger partial charge in [-0.2, -0.15) is 0 Å². The predicted octanol–water partition coefficient (Wildman–Crippen LogP) is 3.65. The van der Waals surface area contributed by atoms with Crippen LogP contribution >= 0.6 is 7.82 Å². The van der Waals surface area contributed by atoms with Gasteiger partial charge in [0.25, 0.3) is 0 Å². The van der Waals surface area contributed by atoms with Gasteiger partial charge < -0.3 is 14.8 Å². The fourth-order valence-electron chi connectivity index (χ4n) is 3.26. The summed E-state index contributed by atoms with van der Waals surface area (Å²) in [4.78, 5) is 36.6. The van der Waals surface area contributed by atoms with Crippen LogP contribution in [-0.2, 0) is 42.0 Å². The van der Waals surface area contributed by atoms with Gasteiger partial charge in [-0.15, -0.1) is 0 Å². The number of carbonyl (C=O) groups is 3. The molecule has 3 atom stereocenters. The van der Waals surface area contributed by atoms with Crippen molar-refractivity contribution in [1.82, 2.24) is 5.32 Å². The standard InChI is InChI=1S/C22H36NO9P/c1-15-10-11-16(23-15)12-28-18(25)9-7-8-17(24)19-22(5,6)13-30-33(27,32-19)31-14-29-20(26)21(2,3)4/h16,19,23H,1,7-14H2,2-6H3/t16?,19-,33+/m0/s1. The van der Waals surface area contributed by atoms with E-state index in [9.17, 15) is 18.9 Å². The quantitative estimate of drug-likeness (QED) is 0.276. The van der Waals surface area contributed by atoms with Crippen LogP contribution < -0.4 is 5.32 Å². The molecule has 0 aromatic rings. The fourth-order valence-corrected chi connectivity index (χ4v) is 4.79. The molecule has 11 heteroatoms. The summed E-state index contributed by atoms with van der Waals surface area (Å²) in [6.45, 7) is 11.9. The molecule has 0 aliphatic carbocycles. The van der Waals surface area contributed by atoms with Crippen LogP contribution in [0.1, 0.15) is 66.7 Å². The Hall–Kier alpha value is -1.74. The average Bonchev–Trinajstić information content (AvgIpc) is 3.13. The summed E-state index contributed by atoms with van der Waals surface area (Å²) in [5.74, 6) is -1.25. The molecule has 0 bridgehead atoms. The molecule has 2 rings (SSSR count). The molecule has 33 heavy (non-hydrogen) atoms. The van der Waals surface area contributed by atoms with Crippen LogP contribution in [0.3, 0.4) is 0 Å². The van der Waals surface area contributed by atoms with Gasteiger partial charge in [0.15, 0.2) is 5.78 Å². The minimum absolute atomic E-state index is 0.0424. The van der Waals surface area contributed by atoms with Crippen LogP contribution in [-0.4, -0.2) is 49.9 Å². The highest BCUT2D eigenvalue weighted by Gasteiger charge is 2.48. The summed E-state index contributed by atoms with van der Waals surface area (Å²) < 4.78 is 38.7. The fraction of sp³-hybridized carbons (Fsp3) is 0.773. The number of allylic oxidation sites excluding steroid dienone is 1. The number of phosphoric ester groups is 1. The highest BCUT2D eigenvalue weighted by molar-refractivity contribution is 7.48. The van der Waals surface area contributed by atoms with Crippen molar-refractivity contribution in [2.45, 2.75) is 78.9 Å². The topological polar surface area (TPSA) is 126 Å². The Morgan fingerprint density at radius 3 is 2.52 bits per heavy atom. The van der Waals surface area contributed by atoms with Crippen molar-refractivity contribution in [3.63, 3.8) is 0 Å². The molecule has 0 radical (unpaired) electrons. The highest BCUT2D eigenvalue weighted by Crippen LogP contribution is 2.57. The lowest BCUT2D eigenvalue weighted by Crippen LogP contribution is -2.45. The first-order chi connectivity index (χ1) is 15.2. The first kappa shape index (κ1) is 27.5. The van der Waals surface area contributed by atoms with Crippen LogP contribution in [0.4, 0.5) is 0 Å². The van der Waals surface area contributed by atoms with Crippen LogP contribution in [0.15, 0.2) is 12.3 Å². The summed E-state index contributed by atoms with van der Waals surface area (Å²) in [5, 5.41) is 3.15. The van der Waals surface area contributed by atoms with E-state index in [4.69, 9.17) is 23.0 Å². The normalized spacial score (nSPS) is 27.0. The molecule has 0 aromatic heterocycles. The zero-order valence-electron chi connectivity index (χ0n) is 20.1. The molecule has 0 aromatic carbocycles. The average molecular weight is 490 g/mol. The molecule has 2 fully saturated rings. The van der Waals surface area contributed by atoms with Crippen LogP contribution in [0.5, 0.6) is 0 Å². The maximum atomic E-state index is 12.8. The number of rotatable bonds is 10. The largest absolute Gasteiger partial charge is 0.478 e. The Kier molecular flexibility index (Phi) is 9.27. The first-order valence-electron chi connectivity index (χ1n) is 11.1. The SMILES string of the molecule is C=C1CCC(COC(=O)CCCC(=O)[C@@H]2O[P@@](=O)(OCOC(=O)C(C)(C)C)OCC2(C)C)N1. The van der Waals surface area contributed by atoms with Crippen LogP contribution in [0, 0.1) is 10.8 Å². The summed E-state index contributed by atoms with van der Waals surface area (Å²) in [6, 6.07) is 0.0799. The molecule has 2 saturated heterocycles. The summed E-state index contributed by atoms with van der Waals surface area (Å²) in [5.41, 5.74) is -0.571. The number of ketones is 1. The van der Waals surface area contributed by atoms with E-state index in [0.717, 1.165) is 18.5 Å². The van der Waals surface area contributed by atoms with E-state index in [0.29, 0.717) is 0 Å². The van der Waals surface area contributed by atoms with Crippen LogP contribution in [0.25, 0.3) is 0 Å². The van der Waals surface area contributed by atoms with E-state index in [2.05, 4.69) is 11.9 Å². The maximum Gasteiger partial charge on any atom is 0.478 e. The van der Waals surface area contributed by atoms with E-state index in [-0.39, 0.29) is 50.3 Å². The van der Waals surface area contributed by atoms with Crippen molar-refractivity contribution in [2.75, 3.05) is 20.0 Å². The molecule has 2 heterocycles. The third-order valence-corrected chi connectivity index (χ3v) is 6.63. The number of ether oxygens (including phenoxy) is 2. The van der Waals surface area contributed by atoms with Gasteiger partial charge in [0.2, 0.25) is 6.79 Å². The van der Waals surface area contributed by atoms with Gasteiger partial charge in [0, 0.05) is 24.0 Å². The molecule has 0 saturated carbocycles. The van der Waals surface area contributed by atoms with Gasteiger partial charge in [0.1, 0.15) is 12.7 Å². The number of Topliss-reactive ketones (excluding diaryl/α,β-unsaturated/α-hetero) is 1. The Morgan fingerprint density at radius 1 is 1.21 bits per heavy atom. The van der Waals surface area contributed by atoms with Gasteiger partial charge in [-0.05, 0) is 40.0 Å².